The van der Waals surface area contributed by atoms with Crippen molar-refractivity contribution in [1.82, 2.24) is 10.9 Å². The van der Waals surface area contributed by atoms with Crippen molar-refractivity contribution in [3.05, 3.63) is 57.0 Å². The Morgan fingerprint density at radius 2 is 1.68 bits per heavy atom. The van der Waals surface area contributed by atoms with Crippen LogP contribution in [-0.4, -0.2) is 25.5 Å². The maximum atomic E-state index is 11.8. The average Bonchev–Trinajstić information content (AvgIpc) is 2.60. The molecule has 2 amide bonds. The number of nitrogens with one attached hydrogen (secondary N) is 2. The Hall–Kier alpha value is -2.06. The van der Waals surface area contributed by atoms with Crippen LogP contribution >= 0.6 is 31.9 Å². The smallest absolute Gasteiger partial charge is 0.276 e. The van der Waals surface area contributed by atoms with Crippen LogP contribution in [0.3, 0.4) is 0 Å². The summed E-state index contributed by atoms with van der Waals surface area (Å²) >= 11 is 6.67. The molecule has 0 aromatic heterocycles. The zero-order chi connectivity index (χ0) is 18.2. The summed E-state index contributed by atoms with van der Waals surface area (Å²) in [7, 11) is 1.58. The molecule has 0 unspecified atom stereocenters. The molecule has 0 aliphatic rings. The number of hydrogen-bond acceptors (Lipinski definition) is 4. The molecule has 0 radical (unpaired) electrons. The quantitative estimate of drug-likeness (QED) is 0.635. The van der Waals surface area contributed by atoms with Gasteiger partial charge >= 0.3 is 0 Å². The third-order valence-electron chi connectivity index (χ3n) is 3.12. The van der Waals surface area contributed by atoms with E-state index in [1.54, 1.807) is 43.5 Å². The molecule has 2 aromatic rings. The Bertz CT molecular complexity index is 751. The molecule has 0 aliphatic heterocycles. The Morgan fingerprint density at radius 3 is 2.32 bits per heavy atom. The van der Waals surface area contributed by atoms with Crippen LogP contribution in [0, 0.1) is 0 Å². The van der Waals surface area contributed by atoms with Crippen LogP contribution in [0.5, 0.6) is 11.5 Å². The van der Waals surface area contributed by atoms with Gasteiger partial charge in [-0.3, -0.25) is 20.4 Å². The average molecular weight is 472 g/mol. The van der Waals surface area contributed by atoms with Gasteiger partial charge in [-0.2, -0.15) is 0 Å². The van der Waals surface area contributed by atoms with Crippen molar-refractivity contribution in [2.75, 3.05) is 13.7 Å². The maximum Gasteiger partial charge on any atom is 0.276 e. The first-order valence-corrected chi connectivity index (χ1v) is 8.85. The van der Waals surface area contributed by atoms with E-state index in [1.807, 2.05) is 6.07 Å². The lowest BCUT2D eigenvalue weighted by molar-refractivity contribution is -0.129. The van der Waals surface area contributed by atoms with E-state index in [-0.39, 0.29) is 18.9 Å². The van der Waals surface area contributed by atoms with Gasteiger partial charge in [0, 0.05) is 4.47 Å². The maximum absolute atomic E-state index is 11.8. The van der Waals surface area contributed by atoms with Crippen LogP contribution in [-0.2, 0) is 16.0 Å². The predicted octanol–water partition coefficient (Wildman–Crippen LogP) is 2.99. The molecule has 0 spiro atoms. The van der Waals surface area contributed by atoms with Crippen LogP contribution in [0.4, 0.5) is 0 Å². The highest BCUT2D eigenvalue weighted by molar-refractivity contribution is 9.11. The fraction of sp³-hybridized carbons (Fsp3) is 0.176. The molecule has 2 N–H and O–H groups in total. The number of rotatable bonds is 6. The van der Waals surface area contributed by atoms with Gasteiger partial charge in [-0.05, 0) is 51.8 Å². The number of carbonyl (C=O) groups is 2. The SMILES string of the molecule is COc1ccc(CC(=O)NNC(=O)COc2ccc(Br)cc2Br)cc1. The van der Waals surface area contributed by atoms with Gasteiger partial charge in [-0.15, -0.1) is 0 Å². The predicted molar refractivity (Wildman–Crippen MR) is 100 cm³/mol. The summed E-state index contributed by atoms with van der Waals surface area (Å²) < 4.78 is 12.0. The molecule has 0 heterocycles. The van der Waals surface area contributed by atoms with Crippen molar-refractivity contribution in [3.8, 4) is 11.5 Å². The highest BCUT2D eigenvalue weighted by Crippen LogP contribution is 2.28. The van der Waals surface area contributed by atoms with Gasteiger partial charge in [-0.1, -0.05) is 28.1 Å². The fourth-order valence-electron chi connectivity index (χ4n) is 1.88. The molecule has 8 heteroatoms. The second-order valence-corrected chi connectivity index (χ2v) is 6.75. The molecule has 6 nitrogen and oxygen atoms in total. The molecule has 0 saturated heterocycles. The zero-order valence-corrected chi connectivity index (χ0v) is 16.5. The van der Waals surface area contributed by atoms with E-state index in [1.165, 1.54) is 0 Å². The lowest BCUT2D eigenvalue weighted by Crippen LogP contribution is -2.44. The number of methoxy groups -OCH3 is 1. The summed E-state index contributed by atoms with van der Waals surface area (Å²) in [5.74, 6) is 0.456. The number of halogens is 2. The topological polar surface area (TPSA) is 76.7 Å². The minimum Gasteiger partial charge on any atom is -0.497 e. The molecule has 0 saturated carbocycles. The van der Waals surface area contributed by atoms with Crippen molar-refractivity contribution in [2.45, 2.75) is 6.42 Å². The van der Waals surface area contributed by atoms with Crippen molar-refractivity contribution in [3.63, 3.8) is 0 Å². The number of carbonyl (C=O) groups excluding carboxylic acids is 2. The highest BCUT2D eigenvalue weighted by atomic mass is 79.9. The van der Waals surface area contributed by atoms with Crippen molar-refractivity contribution in [2.24, 2.45) is 0 Å². The summed E-state index contributed by atoms with van der Waals surface area (Å²) in [6, 6.07) is 12.4. The lowest BCUT2D eigenvalue weighted by Gasteiger charge is -2.10. The largest absolute Gasteiger partial charge is 0.497 e. The van der Waals surface area contributed by atoms with Crippen LogP contribution in [0.1, 0.15) is 5.56 Å². The molecule has 2 aromatic carbocycles. The normalized spacial score (nSPS) is 10.0. The molecule has 25 heavy (non-hydrogen) atoms. The van der Waals surface area contributed by atoms with Crippen LogP contribution in [0.2, 0.25) is 0 Å². The lowest BCUT2D eigenvalue weighted by atomic mass is 10.1. The third-order valence-corrected chi connectivity index (χ3v) is 4.23. The number of ether oxygens (including phenoxy) is 2. The molecule has 132 valence electrons. The minimum absolute atomic E-state index is 0.142. The second kappa shape index (κ2) is 9.43. The number of benzene rings is 2. The standard InChI is InChI=1S/C17H16Br2N2O4/c1-24-13-5-2-11(3-6-13)8-16(22)20-21-17(23)10-25-15-7-4-12(18)9-14(15)19/h2-7,9H,8,10H2,1H3,(H,20,22)(H,21,23). The van der Waals surface area contributed by atoms with E-state index >= 15 is 0 Å². The summed E-state index contributed by atoms with van der Waals surface area (Å²) in [6.07, 6.45) is 0.142. The van der Waals surface area contributed by atoms with E-state index < -0.39 is 5.91 Å². The molecule has 0 bridgehead atoms. The Kier molecular flexibility index (Phi) is 7.27. The number of amides is 2. The fourth-order valence-corrected chi connectivity index (χ4v) is 3.05. The monoisotopic (exact) mass is 470 g/mol. The highest BCUT2D eigenvalue weighted by Gasteiger charge is 2.08. The molecule has 0 atom stereocenters. The summed E-state index contributed by atoms with van der Waals surface area (Å²) in [4.78, 5) is 23.6. The van der Waals surface area contributed by atoms with Crippen molar-refractivity contribution >= 4 is 43.7 Å². The Morgan fingerprint density at radius 1 is 1.00 bits per heavy atom. The summed E-state index contributed by atoms with van der Waals surface area (Å²) in [5.41, 5.74) is 5.47. The van der Waals surface area contributed by atoms with E-state index in [9.17, 15) is 9.59 Å². The van der Waals surface area contributed by atoms with E-state index in [4.69, 9.17) is 9.47 Å². The summed E-state index contributed by atoms with van der Waals surface area (Å²) in [6.45, 7) is -0.219. The first-order chi connectivity index (χ1) is 12.0. The Balaban J connectivity index is 1.74. The molecular formula is C17H16Br2N2O4. The first kappa shape index (κ1) is 19.3. The zero-order valence-electron chi connectivity index (χ0n) is 13.3. The number of hydrazine groups is 1. The van der Waals surface area contributed by atoms with Gasteiger partial charge in [0.1, 0.15) is 11.5 Å². The molecule has 0 aliphatic carbocycles. The Labute approximate surface area is 162 Å². The van der Waals surface area contributed by atoms with Crippen LogP contribution < -0.4 is 20.3 Å². The number of hydrogen-bond donors (Lipinski definition) is 2. The van der Waals surface area contributed by atoms with E-state index in [2.05, 4.69) is 42.7 Å². The molecular weight excluding hydrogens is 456 g/mol. The third kappa shape index (κ3) is 6.39. The van der Waals surface area contributed by atoms with Gasteiger partial charge in [-0.25, -0.2) is 0 Å². The summed E-state index contributed by atoms with van der Waals surface area (Å²) in [5, 5.41) is 0. The van der Waals surface area contributed by atoms with Crippen molar-refractivity contribution in [1.29, 1.82) is 0 Å². The van der Waals surface area contributed by atoms with Crippen LogP contribution in [0.15, 0.2) is 51.4 Å². The molecule has 0 fully saturated rings. The van der Waals surface area contributed by atoms with Gasteiger partial charge in [0.05, 0.1) is 18.0 Å². The van der Waals surface area contributed by atoms with Crippen molar-refractivity contribution < 1.29 is 19.1 Å². The van der Waals surface area contributed by atoms with E-state index in [0.29, 0.717) is 11.5 Å². The minimum atomic E-state index is -0.460. The van der Waals surface area contributed by atoms with E-state index in [0.717, 1.165) is 14.5 Å². The van der Waals surface area contributed by atoms with Gasteiger partial charge in [0.2, 0.25) is 5.91 Å². The second-order valence-electron chi connectivity index (χ2n) is 4.98. The van der Waals surface area contributed by atoms with Crippen LogP contribution in [0.25, 0.3) is 0 Å². The van der Waals surface area contributed by atoms with Gasteiger partial charge in [0.25, 0.3) is 5.91 Å². The van der Waals surface area contributed by atoms with Gasteiger partial charge < -0.3 is 9.47 Å². The van der Waals surface area contributed by atoms with Gasteiger partial charge in [0.15, 0.2) is 6.61 Å². The first-order valence-electron chi connectivity index (χ1n) is 7.26. The molecule has 2 rings (SSSR count).